The third-order valence-electron chi connectivity index (χ3n) is 2.59. The molecule has 0 bridgehead atoms. The maximum Gasteiger partial charge on any atom is 0.360 e. The predicted molar refractivity (Wildman–Crippen MR) is 66.4 cm³/mol. The van der Waals surface area contributed by atoms with Crippen LogP contribution in [0, 0.1) is 12.7 Å². The van der Waals surface area contributed by atoms with Crippen molar-refractivity contribution >= 4 is 5.97 Å². The Balaban J connectivity index is 2.50. The molecule has 1 aromatic heterocycles. The standard InChI is InChI=1S/C13H13FN2O3/c1-3-19-11-7-16(15-12(11)13(17)18)10-5-4-9(14)6-8(10)2/h4-7H,3H2,1-2H3,(H,17,18). The number of hydrogen-bond acceptors (Lipinski definition) is 3. The molecule has 0 radical (unpaired) electrons. The zero-order valence-electron chi connectivity index (χ0n) is 10.6. The fourth-order valence-corrected chi connectivity index (χ4v) is 1.77. The average molecular weight is 264 g/mol. The van der Waals surface area contributed by atoms with E-state index in [0.29, 0.717) is 17.9 Å². The number of carbonyl (C=O) groups is 1. The Bertz CT molecular complexity index is 622. The van der Waals surface area contributed by atoms with Crippen molar-refractivity contribution in [1.29, 1.82) is 0 Å². The summed E-state index contributed by atoms with van der Waals surface area (Å²) in [6, 6.07) is 4.20. The summed E-state index contributed by atoms with van der Waals surface area (Å²) >= 11 is 0. The molecule has 0 aliphatic carbocycles. The number of ether oxygens (including phenoxy) is 1. The van der Waals surface area contributed by atoms with Crippen molar-refractivity contribution < 1.29 is 19.0 Å². The molecule has 0 spiro atoms. The van der Waals surface area contributed by atoms with Crippen LogP contribution in [0.2, 0.25) is 0 Å². The summed E-state index contributed by atoms with van der Waals surface area (Å²) in [6.45, 7) is 3.82. The van der Waals surface area contributed by atoms with E-state index in [1.807, 2.05) is 0 Å². The van der Waals surface area contributed by atoms with Crippen molar-refractivity contribution in [2.24, 2.45) is 0 Å². The van der Waals surface area contributed by atoms with Gasteiger partial charge in [0.2, 0.25) is 5.69 Å². The van der Waals surface area contributed by atoms with E-state index < -0.39 is 5.97 Å². The van der Waals surface area contributed by atoms with Crippen molar-refractivity contribution in [2.75, 3.05) is 6.61 Å². The fraction of sp³-hybridized carbons (Fsp3) is 0.231. The van der Waals surface area contributed by atoms with Crippen molar-refractivity contribution in [1.82, 2.24) is 9.78 Å². The fourth-order valence-electron chi connectivity index (χ4n) is 1.77. The maximum absolute atomic E-state index is 13.0. The van der Waals surface area contributed by atoms with Gasteiger partial charge in [-0.1, -0.05) is 0 Å². The van der Waals surface area contributed by atoms with Gasteiger partial charge in [0.25, 0.3) is 0 Å². The molecule has 2 rings (SSSR count). The molecule has 0 atom stereocenters. The lowest BCUT2D eigenvalue weighted by molar-refractivity contribution is 0.0685. The van der Waals surface area contributed by atoms with Crippen LogP contribution in [0.4, 0.5) is 4.39 Å². The molecule has 100 valence electrons. The number of aryl methyl sites for hydroxylation is 1. The van der Waals surface area contributed by atoms with Crippen LogP contribution in [0.5, 0.6) is 5.75 Å². The average Bonchev–Trinajstić information content (AvgIpc) is 2.73. The molecule has 0 aliphatic heterocycles. The number of hydrogen-bond donors (Lipinski definition) is 1. The second-order valence-corrected chi connectivity index (χ2v) is 3.96. The van der Waals surface area contributed by atoms with Gasteiger partial charge in [-0.15, -0.1) is 0 Å². The van der Waals surface area contributed by atoms with Crippen molar-refractivity contribution in [3.8, 4) is 11.4 Å². The van der Waals surface area contributed by atoms with Gasteiger partial charge in [-0.2, -0.15) is 5.10 Å². The minimum absolute atomic E-state index is 0.162. The highest BCUT2D eigenvalue weighted by atomic mass is 19.1. The first-order valence-corrected chi connectivity index (χ1v) is 5.75. The summed E-state index contributed by atoms with van der Waals surface area (Å²) in [5.41, 5.74) is 1.10. The van der Waals surface area contributed by atoms with E-state index in [-0.39, 0.29) is 17.3 Å². The SMILES string of the molecule is CCOc1cn(-c2ccc(F)cc2C)nc1C(=O)O. The van der Waals surface area contributed by atoms with Crippen LogP contribution >= 0.6 is 0 Å². The minimum Gasteiger partial charge on any atom is -0.490 e. The van der Waals surface area contributed by atoms with E-state index in [0.717, 1.165) is 0 Å². The van der Waals surface area contributed by atoms with E-state index in [4.69, 9.17) is 9.84 Å². The van der Waals surface area contributed by atoms with E-state index in [2.05, 4.69) is 5.10 Å². The molecule has 0 aliphatic rings. The lowest BCUT2D eigenvalue weighted by Crippen LogP contribution is -2.03. The van der Waals surface area contributed by atoms with Crippen LogP contribution in [0.25, 0.3) is 5.69 Å². The lowest BCUT2D eigenvalue weighted by atomic mass is 10.2. The molecule has 0 unspecified atom stereocenters. The van der Waals surface area contributed by atoms with Gasteiger partial charge in [0.15, 0.2) is 5.75 Å². The summed E-state index contributed by atoms with van der Waals surface area (Å²) in [7, 11) is 0. The van der Waals surface area contributed by atoms with Crippen LogP contribution in [0.15, 0.2) is 24.4 Å². The molecular formula is C13H13FN2O3. The highest BCUT2D eigenvalue weighted by Crippen LogP contribution is 2.22. The molecule has 5 nitrogen and oxygen atoms in total. The molecule has 0 saturated heterocycles. The Morgan fingerprint density at radius 3 is 2.84 bits per heavy atom. The van der Waals surface area contributed by atoms with Crippen LogP contribution in [-0.4, -0.2) is 27.5 Å². The largest absolute Gasteiger partial charge is 0.490 e. The molecule has 1 aromatic carbocycles. The second kappa shape index (κ2) is 5.09. The smallest absolute Gasteiger partial charge is 0.360 e. The van der Waals surface area contributed by atoms with Crippen LogP contribution in [-0.2, 0) is 0 Å². The molecule has 1 heterocycles. The van der Waals surface area contributed by atoms with Crippen molar-refractivity contribution in [3.05, 3.63) is 41.5 Å². The van der Waals surface area contributed by atoms with Gasteiger partial charge in [0.05, 0.1) is 18.5 Å². The van der Waals surface area contributed by atoms with E-state index >= 15 is 0 Å². The first-order chi connectivity index (χ1) is 9.02. The third-order valence-corrected chi connectivity index (χ3v) is 2.59. The molecule has 19 heavy (non-hydrogen) atoms. The number of carboxylic acid groups (broad SMARTS) is 1. The number of halogens is 1. The number of nitrogens with zero attached hydrogens (tertiary/aromatic N) is 2. The van der Waals surface area contributed by atoms with Crippen LogP contribution in [0.3, 0.4) is 0 Å². The normalized spacial score (nSPS) is 10.5. The molecule has 6 heteroatoms. The number of rotatable bonds is 4. The Morgan fingerprint density at radius 1 is 1.53 bits per heavy atom. The Kier molecular flexibility index (Phi) is 3.50. The summed E-state index contributed by atoms with van der Waals surface area (Å²) in [5.74, 6) is -1.32. The lowest BCUT2D eigenvalue weighted by Gasteiger charge is -2.05. The number of carboxylic acids is 1. The molecule has 0 fully saturated rings. The number of aromatic nitrogens is 2. The Morgan fingerprint density at radius 2 is 2.26 bits per heavy atom. The van der Waals surface area contributed by atoms with Crippen LogP contribution < -0.4 is 4.74 Å². The van der Waals surface area contributed by atoms with Gasteiger partial charge >= 0.3 is 5.97 Å². The van der Waals surface area contributed by atoms with Gasteiger partial charge in [0, 0.05) is 0 Å². The molecule has 0 saturated carbocycles. The summed E-state index contributed by atoms with van der Waals surface area (Å²) in [5, 5.41) is 13.0. The van der Waals surface area contributed by atoms with E-state index in [9.17, 15) is 9.18 Å². The zero-order valence-corrected chi connectivity index (χ0v) is 10.6. The zero-order chi connectivity index (χ0) is 14.0. The molecular weight excluding hydrogens is 251 g/mol. The van der Waals surface area contributed by atoms with E-state index in [1.54, 1.807) is 19.9 Å². The van der Waals surface area contributed by atoms with Gasteiger partial charge in [-0.25, -0.2) is 13.9 Å². The highest BCUT2D eigenvalue weighted by molar-refractivity contribution is 5.88. The molecule has 2 aromatic rings. The molecule has 0 amide bonds. The van der Waals surface area contributed by atoms with Crippen molar-refractivity contribution in [2.45, 2.75) is 13.8 Å². The van der Waals surface area contributed by atoms with Gasteiger partial charge < -0.3 is 9.84 Å². The summed E-state index contributed by atoms with van der Waals surface area (Å²) in [6.07, 6.45) is 1.48. The van der Waals surface area contributed by atoms with Gasteiger partial charge in [-0.3, -0.25) is 0 Å². The first kappa shape index (κ1) is 13.1. The second-order valence-electron chi connectivity index (χ2n) is 3.96. The Labute approximate surface area is 109 Å². The number of aromatic carboxylic acids is 1. The number of benzene rings is 1. The third kappa shape index (κ3) is 2.57. The van der Waals surface area contributed by atoms with E-state index in [1.165, 1.54) is 23.0 Å². The Hall–Kier alpha value is -2.37. The maximum atomic E-state index is 13.0. The highest BCUT2D eigenvalue weighted by Gasteiger charge is 2.18. The van der Waals surface area contributed by atoms with Gasteiger partial charge in [0.1, 0.15) is 5.82 Å². The monoisotopic (exact) mass is 264 g/mol. The minimum atomic E-state index is -1.16. The van der Waals surface area contributed by atoms with Crippen LogP contribution in [0.1, 0.15) is 23.0 Å². The quantitative estimate of drug-likeness (QED) is 0.921. The van der Waals surface area contributed by atoms with Gasteiger partial charge in [-0.05, 0) is 37.6 Å². The summed E-state index contributed by atoms with van der Waals surface area (Å²) < 4.78 is 19.7. The first-order valence-electron chi connectivity index (χ1n) is 5.75. The molecule has 1 N–H and O–H groups in total. The summed E-state index contributed by atoms with van der Waals surface area (Å²) in [4.78, 5) is 11.1. The predicted octanol–water partition coefficient (Wildman–Crippen LogP) is 2.42. The van der Waals surface area contributed by atoms with Crippen molar-refractivity contribution in [3.63, 3.8) is 0 Å². The topological polar surface area (TPSA) is 64.4 Å².